The Morgan fingerprint density at radius 3 is 2.57 bits per heavy atom. The molecule has 0 fully saturated rings. The van der Waals surface area contributed by atoms with Gasteiger partial charge in [0.25, 0.3) is 0 Å². The molecule has 0 saturated carbocycles. The zero-order valence-electron chi connectivity index (χ0n) is 16.0. The van der Waals surface area contributed by atoms with Crippen molar-refractivity contribution in [2.24, 2.45) is 0 Å². The molecule has 0 spiro atoms. The van der Waals surface area contributed by atoms with Gasteiger partial charge in [-0.1, -0.05) is 13.8 Å². The van der Waals surface area contributed by atoms with Gasteiger partial charge in [0.05, 0.1) is 18.4 Å². The molecule has 0 aliphatic rings. The number of aromatic nitrogens is 3. The third-order valence-corrected chi connectivity index (χ3v) is 3.72. The molecule has 148 valence electrons. The fraction of sp³-hybridized carbons (Fsp3) is 0.368. The number of carbonyl (C=O) groups is 1. The molecular weight excluding hydrogens is 367 g/mol. The van der Waals surface area contributed by atoms with Crippen molar-refractivity contribution >= 4 is 17.0 Å². The maximum absolute atomic E-state index is 14.7. The first-order valence-corrected chi connectivity index (χ1v) is 8.82. The number of rotatable bonds is 7. The maximum atomic E-state index is 14.7. The molecule has 0 saturated heterocycles. The minimum absolute atomic E-state index is 0.0406. The van der Waals surface area contributed by atoms with Crippen LogP contribution < -0.4 is 14.8 Å². The fourth-order valence-corrected chi connectivity index (χ4v) is 2.43. The monoisotopic (exact) mass is 388 g/mol. The second kappa shape index (κ2) is 8.20. The van der Waals surface area contributed by atoms with Gasteiger partial charge in [-0.2, -0.15) is 4.39 Å². The quantitative estimate of drug-likeness (QED) is 0.660. The van der Waals surface area contributed by atoms with Gasteiger partial charge in [-0.3, -0.25) is 4.79 Å². The first kappa shape index (κ1) is 19.5. The Balaban J connectivity index is 1.68. The van der Waals surface area contributed by atoms with Crippen LogP contribution in [0, 0.1) is 5.82 Å². The van der Waals surface area contributed by atoms with Crippen LogP contribution in [0.15, 0.2) is 28.9 Å². The highest BCUT2D eigenvalue weighted by atomic mass is 19.1. The SMILES string of the molecule is CC(=O)NC(C)COc1cnc(Oc2ccc3nc(C(C)C)oc3c2F)cn1. The Bertz CT molecular complexity index is 972. The molecule has 1 amide bonds. The molecule has 1 N–H and O–H groups in total. The van der Waals surface area contributed by atoms with Crippen LogP contribution in [0.5, 0.6) is 17.5 Å². The van der Waals surface area contributed by atoms with Gasteiger partial charge >= 0.3 is 0 Å². The number of hydrogen-bond donors (Lipinski definition) is 1. The molecule has 1 atom stereocenters. The summed E-state index contributed by atoms with van der Waals surface area (Å²) in [5, 5.41) is 2.69. The van der Waals surface area contributed by atoms with Gasteiger partial charge < -0.3 is 19.2 Å². The van der Waals surface area contributed by atoms with Crippen LogP contribution >= 0.6 is 0 Å². The third kappa shape index (κ3) is 4.54. The lowest BCUT2D eigenvalue weighted by Crippen LogP contribution is -2.35. The number of carbonyl (C=O) groups excluding carboxylic acids is 1. The summed E-state index contributed by atoms with van der Waals surface area (Å²) < 4.78 is 31.1. The lowest BCUT2D eigenvalue weighted by molar-refractivity contribution is -0.119. The van der Waals surface area contributed by atoms with Crippen LogP contribution in [-0.2, 0) is 4.79 Å². The normalized spacial score (nSPS) is 12.2. The lowest BCUT2D eigenvalue weighted by atomic mass is 10.2. The average Bonchev–Trinajstić information content (AvgIpc) is 3.08. The molecular formula is C19H21FN4O4. The van der Waals surface area contributed by atoms with E-state index in [1.165, 1.54) is 25.4 Å². The highest BCUT2D eigenvalue weighted by molar-refractivity contribution is 5.75. The number of ether oxygens (including phenoxy) is 2. The number of benzene rings is 1. The molecule has 3 rings (SSSR count). The number of hydrogen-bond acceptors (Lipinski definition) is 7. The van der Waals surface area contributed by atoms with Crippen molar-refractivity contribution in [3.05, 3.63) is 36.2 Å². The molecule has 8 nitrogen and oxygen atoms in total. The average molecular weight is 388 g/mol. The Morgan fingerprint density at radius 2 is 1.93 bits per heavy atom. The first-order chi connectivity index (χ1) is 13.3. The van der Waals surface area contributed by atoms with Gasteiger partial charge in [0.1, 0.15) is 12.1 Å². The molecule has 0 bridgehead atoms. The van der Waals surface area contributed by atoms with Crippen LogP contribution in [0.3, 0.4) is 0 Å². The minimum atomic E-state index is -0.650. The van der Waals surface area contributed by atoms with Crippen LogP contribution in [0.4, 0.5) is 4.39 Å². The molecule has 0 aliphatic heterocycles. The molecule has 2 heterocycles. The maximum Gasteiger partial charge on any atom is 0.238 e. The van der Waals surface area contributed by atoms with Crippen molar-refractivity contribution in [2.75, 3.05) is 6.61 Å². The molecule has 0 aliphatic carbocycles. The molecule has 3 aromatic rings. The molecule has 1 aromatic carbocycles. The van der Waals surface area contributed by atoms with Crippen LogP contribution in [0.2, 0.25) is 0 Å². The predicted molar refractivity (Wildman–Crippen MR) is 98.9 cm³/mol. The topological polar surface area (TPSA) is 99.4 Å². The standard InChI is InChI=1S/C19H21FN4O4/c1-10(2)19-24-13-5-6-14(17(20)18(13)28-19)27-16-8-21-15(7-22-16)26-9-11(3)23-12(4)25/h5-8,10-11H,9H2,1-4H3,(H,23,25). The number of amides is 1. The van der Waals surface area contributed by atoms with E-state index in [2.05, 4.69) is 20.3 Å². The second-order valence-corrected chi connectivity index (χ2v) is 6.64. The zero-order valence-corrected chi connectivity index (χ0v) is 16.0. The smallest absolute Gasteiger partial charge is 0.238 e. The van der Waals surface area contributed by atoms with Crippen molar-refractivity contribution in [3.8, 4) is 17.5 Å². The third-order valence-electron chi connectivity index (χ3n) is 3.72. The molecule has 28 heavy (non-hydrogen) atoms. The summed E-state index contributed by atoms with van der Waals surface area (Å²) in [6.07, 6.45) is 2.68. The van der Waals surface area contributed by atoms with E-state index >= 15 is 0 Å². The Morgan fingerprint density at radius 1 is 1.21 bits per heavy atom. The highest BCUT2D eigenvalue weighted by Gasteiger charge is 2.17. The van der Waals surface area contributed by atoms with E-state index < -0.39 is 5.82 Å². The summed E-state index contributed by atoms with van der Waals surface area (Å²) in [7, 11) is 0. The predicted octanol–water partition coefficient (Wildman–Crippen LogP) is 3.58. The molecule has 2 aromatic heterocycles. The van der Waals surface area contributed by atoms with Crippen LogP contribution in [-0.4, -0.2) is 33.5 Å². The van der Waals surface area contributed by atoms with Gasteiger partial charge in [-0.25, -0.2) is 15.0 Å². The summed E-state index contributed by atoms with van der Waals surface area (Å²) in [6.45, 7) is 7.30. The molecule has 1 unspecified atom stereocenters. The van der Waals surface area contributed by atoms with Gasteiger partial charge in [0.2, 0.25) is 23.5 Å². The Hall–Kier alpha value is -3.23. The number of fused-ring (bicyclic) bond motifs is 1. The zero-order chi connectivity index (χ0) is 20.3. The van der Waals surface area contributed by atoms with E-state index in [0.717, 1.165) is 0 Å². The van der Waals surface area contributed by atoms with Crippen LogP contribution in [0.1, 0.15) is 39.5 Å². The Kier molecular flexibility index (Phi) is 5.72. The molecule has 9 heteroatoms. The van der Waals surface area contributed by atoms with Gasteiger partial charge in [0, 0.05) is 12.8 Å². The summed E-state index contributed by atoms with van der Waals surface area (Å²) in [5.74, 6) is 0.0340. The lowest BCUT2D eigenvalue weighted by Gasteiger charge is -2.13. The molecule has 0 radical (unpaired) electrons. The van der Waals surface area contributed by atoms with E-state index in [1.807, 2.05) is 13.8 Å². The number of oxazole rings is 1. The highest BCUT2D eigenvalue weighted by Crippen LogP contribution is 2.31. The largest absolute Gasteiger partial charge is 0.474 e. The van der Waals surface area contributed by atoms with Crippen molar-refractivity contribution in [2.45, 2.75) is 39.7 Å². The summed E-state index contributed by atoms with van der Waals surface area (Å²) in [6, 6.07) is 2.91. The second-order valence-electron chi connectivity index (χ2n) is 6.64. The summed E-state index contributed by atoms with van der Waals surface area (Å²) in [4.78, 5) is 23.3. The number of halogens is 1. The summed E-state index contributed by atoms with van der Waals surface area (Å²) in [5.41, 5.74) is 0.470. The van der Waals surface area contributed by atoms with Crippen molar-refractivity contribution < 1.29 is 23.1 Å². The van der Waals surface area contributed by atoms with Crippen molar-refractivity contribution in [1.29, 1.82) is 0 Å². The van der Waals surface area contributed by atoms with E-state index in [4.69, 9.17) is 13.9 Å². The summed E-state index contributed by atoms with van der Waals surface area (Å²) >= 11 is 0. The van der Waals surface area contributed by atoms with Gasteiger partial charge in [-0.05, 0) is 19.1 Å². The fourth-order valence-electron chi connectivity index (χ4n) is 2.43. The van der Waals surface area contributed by atoms with E-state index in [9.17, 15) is 9.18 Å². The Labute approximate surface area is 161 Å². The number of nitrogens with one attached hydrogen (secondary N) is 1. The van der Waals surface area contributed by atoms with E-state index in [-0.39, 0.29) is 47.6 Å². The first-order valence-electron chi connectivity index (χ1n) is 8.82. The van der Waals surface area contributed by atoms with Crippen molar-refractivity contribution in [1.82, 2.24) is 20.3 Å². The van der Waals surface area contributed by atoms with E-state index in [1.54, 1.807) is 13.0 Å². The van der Waals surface area contributed by atoms with Crippen LogP contribution in [0.25, 0.3) is 11.1 Å². The van der Waals surface area contributed by atoms with Crippen molar-refractivity contribution in [3.63, 3.8) is 0 Å². The minimum Gasteiger partial charge on any atom is -0.474 e. The van der Waals surface area contributed by atoms with Gasteiger partial charge in [-0.15, -0.1) is 0 Å². The number of nitrogens with zero attached hydrogens (tertiary/aromatic N) is 3. The van der Waals surface area contributed by atoms with E-state index in [0.29, 0.717) is 11.4 Å². The van der Waals surface area contributed by atoms with Gasteiger partial charge in [0.15, 0.2) is 17.2 Å².